The van der Waals surface area contributed by atoms with E-state index in [4.69, 9.17) is 9.47 Å². The summed E-state index contributed by atoms with van der Waals surface area (Å²) in [5.74, 6) is -0.393. The number of unbranched alkanes of at least 4 members (excludes halogenated alkanes) is 1. The van der Waals surface area contributed by atoms with Gasteiger partial charge in [-0.2, -0.15) is 0 Å². The summed E-state index contributed by atoms with van der Waals surface area (Å²) in [6, 6.07) is 13.8. The summed E-state index contributed by atoms with van der Waals surface area (Å²) in [4.78, 5) is 38.7. The minimum atomic E-state index is -0.447. The number of hydrogen-bond donors (Lipinski definition) is 1. The summed E-state index contributed by atoms with van der Waals surface area (Å²) in [7, 11) is 0. The van der Waals surface area contributed by atoms with Gasteiger partial charge in [0.2, 0.25) is 11.8 Å². The molecule has 0 bridgehead atoms. The zero-order valence-electron chi connectivity index (χ0n) is 17.9. The van der Waals surface area contributed by atoms with Crippen LogP contribution >= 0.6 is 0 Å². The Balaban J connectivity index is 1.56. The van der Waals surface area contributed by atoms with Gasteiger partial charge < -0.3 is 19.7 Å². The monoisotopic (exact) mass is 424 g/mol. The van der Waals surface area contributed by atoms with Gasteiger partial charge in [-0.25, -0.2) is 4.79 Å². The highest BCUT2D eigenvalue weighted by Gasteiger charge is 2.35. The van der Waals surface area contributed by atoms with E-state index in [1.165, 1.54) is 0 Å². The van der Waals surface area contributed by atoms with Crippen molar-refractivity contribution >= 4 is 29.2 Å². The molecule has 164 valence electrons. The average Bonchev–Trinajstić information content (AvgIpc) is 3.17. The predicted molar refractivity (Wildman–Crippen MR) is 118 cm³/mol. The topological polar surface area (TPSA) is 84.9 Å². The molecule has 0 radical (unpaired) electrons. The SMILES string of the molecule is CCCCOC(=O)c1ccc(NC(=O)[C@@H]2CC(=O)N(c3ccc(OCC)cc3)C2)cc1. The molecule has 3 rings (SSSR count). The van der Waals surface area contributed by atoms with Crippen LogP contribution in [0.25, 0.3) is 0 Å². The molecule has 2 aromatic rings. The fourth-order valence-corrected chi connectivity index (χ4v) is 3.35. The van der Waals surface area contributed by atoms with Crippen LogP contribution in [0.3, 0.4) is 0 Å². The van der Waals surface area contributed by atoms with Gasteiger partial charge in [0, 0.05) is 24.3 Å². The number of anilines is 2. The molecule has 1 saturated heterocycles. The van der Waals surface area contributed by atoms with E-state index in [1.807, 2.05) is 38.1 Å². The van der Waals surface area contributed by atoms with Crippen molar-refractivity contribution in [1.29, 1.82) is 0 Å². The van der Waals surface area contributed by atoms with E-state index in [-0.39, 0.29) is 24.2 Å². The number of benzene rings is 2. The molecule has 0 saturated carbocycles. The number of hydrogen-bond acceptors (Lipinski definition) is 5. The van der Waals surface area contributed by atoms with E-state index in [2.05, 4.69) is 5.32 Å². The Morgan fingerprint density at radius 1 is 1.06 bits per heavy atom. The first-order valence-electron chi connectivity index (χ1n) is 10.6. The van der Waals surface area contributed by atoms with E-state index in [0.29, 0.717) is 31.0 Å². The Morgan fingerprint density at radius 3 is 2.42 bits per heavy atom. The number of esters is 1. The highest BCUT2D eigenvalue weighted by atomic mass is 16.5. The van der Waals surface area contributed by atoms with Gasteiger partial charge in [0.25, 0.3) is 0 Å². The smallest absolute Gasteiger partial charge is 0.338 e. The van der Waals surface area contributed by atoms with E-state index in [1.54, 1.807) is 29.2 Å². The number of ether oxygens (including phenoxy) is 2. The summed E-state index contributed by atoms with van der Waals surface area (Å²) in [5.41, 5.74) is 1.75. The number of carbonyl (C=O) groups excluding carboxylic acids is 3. The molecule has 2 aromatic carbocycles. The fraction of sp³-hybridized carbons (Fsp3) is 0.375. The molecule has 2 amide bonds. The molecule has 1 atom stereocenters. The molecule has 31 heavy (non-hydrogen) atoms. The van der Waals surface area contributed by atoms with Crippen molar-refractivity contribution in [3.05, 3.63) is 54.1 Å². The Morgan fingerprint density at radius 2 is 1.77 bits per heavy atom. The third kappa shape index (κ3) is 5.84. The number of nitrogens with one attached hydrogen (secondary N) is 1. The number of carbonyl (C=O) groups is 3. The van der Waals surface area contributed by atoms with Crippen LogP contribution < -0.4 is 15.0 Å². The normalized spacial score (nSPS) is 15.6. The van der Waals surface area contributed by atoms with Crippen LogP contribution in [0, 0.1) is 5.92 Å². The highest BCUT2D eigenvalue weighted by Crippen LogP contribution is 2.27. The summed E-state index contributed by atoms with van der Waals surface area (Å²) in [6.07, 6.45) is 1.94. The van der Waals surface area contributed by atoms with E-state index in [0.717, 1.165) is 24.3 Å². The van der Waals surface area contributed by atoms with Crippen LogP contribution in [0.2, 0.25) is 0 Å². The minimum Gasteiger partial charge on any atom is -0.494 e. The van der Waals surface area contributed by atoms with Crippen molar-refractivity contribution in [3.63, 3.8) is 0 Å². The molecule has 0 unspecified atom stereocenters. The number of amides is 2. The third-order valence-corrected chi connectivity index (χ3v) is 5.07. The first-order chi connectivity index (χ1) is 15.0. The number of nitrogens with zero attached hydrogens (tertiary/aromatic N) is 1. The van der Waals surface area contributed by atoms with Crippen molar-refractivity contribution in [3.8, 4) is 5.75 Å². The van der Waals surface area contributed by atoms with Crippen molar-refractivity contribution in [2.24, 2.45) is 5.92 Å². The van der Waals surface area contributed by atoms with Crippen LogP contribution in [-0.2, 0) is 14.3 Å². The van der Waals surface area contributed by atoms with Gasteiger partial charge >= 0.3 is 5.97 Å². The van der Waals surface area contributed by atoms with Crippen molar-refractivity contribution < 1.29 is 23.9 Å². The van der Waals surface area contributed by atoms with Crippen LogP contribution in [0.15, 0.2) is 48.5 Å². The molecule has 0 aromatic heterocycles. The van der Waals surface area contributed by atoms with Gasteiger partial charge in [-0.05, 0) is 61.9 Å². The van der Waals surface area contributed by atoms with Gasteiger partial charge in [-0.15, -0.1) is 0 Å². The molecule has 0 spiro atoms. The molecule has 1 N–H and O–H groups in total. The maximum Gasteiger partial charge on any atom is 0.338 e. The lowest BCUT2D eigenvalue weighted by molar-refractivity contribution is -0.122. The van der Waals surface area contributed by atoms with E-state index >= 15 is 0 Å². The molecule has 7 heteroatoms. The predicted octanol–water partition coefficient (Wildman–Crippen LogP) is 4.03. The summed E-state index contributed by atoms with van der Waals surface area (Å²) in [5, 5.41) is 2.83. The van der Waals surface area contributed by atoms with Crippen molar-refractivity contribution in [1.82, 2.24) is 0 Å². The lowest BCUT2D eigenvalue weighted by Gasteiger charge is -2.17. The minimum absolute atomic E-state index is 0.0884. The molecular weight excluding hydrogens is 396 g/mol. The van der Waals surface area contributed by atoms with Crippen LogP contribution in [0.5, 0.6) is 5.75 Å². The van der Waals surface area contributed by atoms with Gasteiger partial charge in [0.05, 0.1) is 24.7 Å². The second-order valence-corrected chi connectivity index (χ2v) is 7.39. The van der Waals surface area contributed by atoms with E-state index in [9.17, 15) is 14.4 Å². The molecule has 0 aliphatic carbocycles. The van der Waals surface area contributed by atoms with Crippen LogP contribution in [-0.4, -0.2) is 37.5 Å². The second kappa shape index (κ2) is 10.6. The Hall–Kier alpha value is -3.35. The zero-order valence-corrected chi connectivity index (χ0v) is 17.9. The molecule has 7 nitrogen and oxygen atoms in total. The molecule has 1 fully saturated rings. The zero-order chi connectivity index (χ0) is 22.2. The van der Waals surface area contributed by atoms with Gasteiger partial charge in [0.15, 0.2) is 0 Å². The Bertz CT molecular complexity index is 909. The van der Waals surface area contributed by atoms with E-state index < -0.39 is 5.92 Å². The lowest BCUT2D eigenvalue weighted by Crippen LogP contribution is -2.28. The standard InChI is InChI=1S/C24H28N2O5/c1-3-5-14-31-24(29)17-6-8-19(9-7-17)25-23(28)18-15-22(27)26(16-18)20-10-12-21(13-11-20)30-4-2/h6-13,18H,3-5,14-16H2,1-2H3,(H,25,28)/t18-/m1/s1. The highest BCUT2D eigenvalue weighted by molar-refractivity contribution is 6.03. The average molecular weight is 424 g/mol. The van der Waals surface area contributed by atoms with Crippen molar-refractivity contribution in [2.75, 3.05) is 30.0 Å². The largest absolute Gasteiger partial charge is 0.494 e. The third-order valence-electron chi connectivity index (χ3n) is 5.07. The van der Waals surface area contributed by atoms with Gasteiger partial charge in [-0.3, -0.25) is 9.59 Å². The fourth-order valence-electron chi connectivity index (χ4n) is 3.35. The van der Waals surface area contributed by atoms with Gasteiger partial charge in [0.1, 0.15) is 5.75 Å². The van der Waals surface area contributed by atoms with Crippen LogP contribution in [0.1, 0.15) is 43.5 Å². The summed E-state index contributed by atoms with van der Waals surface area (Å²) in [6.45, 7) is 5.23. The van der Waals surface area contributed by atoms with Crippen LogP contribution in [0.4, 0.5) is 11.4 Å². The Labute approximate surface area is 182 Å². The second-order valence-electron chi connectivity index (χ2n) is 7.39. The first-order valence-corrected chi connectivity index (χ1v) is 10.6. The van der Waals surface area contributed by atoms with Crippen molar-refractivity contribution in [2.45, 2.75) is 33.1 Å². The molecular formula is C24H28N2O5. The first kappa shape index (κ1) is 22.3. The Kier molecular flexibility index (Phi) is 7.65. The summed E-state index contributed by atoms with van der Waals surface area (Å²) < 4.78 is 10.6. The molecule has 1 aliphatic heterocycles. The molecule has 1 heterocycles. The maximum absolute atomic E-state index is 12.7. The van der Waals surface area contributed by atoms with Gasteiger partial charge in [-0.1, -0.05) is 13.3 Å². The summed E-state index contributed by atoms with van der Waals surface area (Å²) >= 11 is 0. The maximum atomic E-state index is 12.7. The quantitative estimate of drug-likeness (QED) is 0.485. The number of rotatable bonds is 9. The molecule has 1 aliphatic rings. The lowest BCUT2D eigenvalue weighted by atomic mass is 10.1.